The van der Waals surface area contributed by atoms with Gasteiger partial charge in [0.05, 0.1) is 36.2 Å². The highest BCUT2D eigenvalue weighted by Gasteiger charge is 2.29. The standard InChI is InChI=1S/C30H30N8O3/c31-27(23-12-11-21(38-14-6-13-33-38)19-25(23)37-15-17-40-18-16-37)41-30(32)36-28-29(39)34-24-10-5-4-9-22(24)26(35-28)20-7-2-1-3-8-20/h1-14,21,28,31H,15-19H2,(H2,32,36)(H,34,39). The number of anilines is 1. The summed E-state index contributed by atoms with van der Waals surface area (Å²) in [6.07, 6.45) is 6.96. The molecule has 208 valence electrons. The fourth-order valence-corrected chi connectivity index (χ4v) is 5.17. The minimum atomic E-state index is -1.14. The van der Waals surface area contributed by atoms with E-state index in [0.29, 0.717) is 49.7 Å². The third kappa shape index (κ3) is 5.66. The molecule has 3 heterocycles. The molecule has 0 radical (unpaired) electrons. The minimum Gasteiger partial charge on any atom is -0.407 e. The van der Waals surface area contributed by atoms with Crippen LogP contribution in [0.15, 0.2) is 101 Å². The number of carbonyl (C=O) groups is 1. The SMILES string of the molecule is N=C(NC1N=C(c2ccccc2)c2ccccc2NC1=O)OC(=N)C1=C(N2CCOCC2)CC(n2cccn2)C=C1. The highest BCUT2D eigenvalue weighted by atomic mass is 16.5. The van der Waals surface area contributed by atoms with Gasteiger partial charge in [-0.05, 0) is 18.2 Å². The van der Waals surface area contributed by atoms with Crippen molar-refractivity contribution in [2.24, 2.45) is 4.99 Å². The van der Waals surface area contributed by atoms with E-state index in [1.807, 2.05) is 83.7 Å². The Kier molecular flexibility index (Phi) is 7.42. The predicted molar refractivity (Wildman–Crippen MR) is 155 cm³/mol. The fourth-order valence-electron chi connectivity index (χ4n) is 5.17. The molecule has 1 fully saturated rings. The summed E-state index contributed by atoms with van der Waals surface area (Å²) in [6, 6.07) is 18.4. The summed E-state index contributed by atoms with van der Waals surface area (Å²) in [5.74, 6) is -0.625. The van der Waals surface area contributed by atoms with Crippen molar-refractivity contribution < 1.29 is 14.3 Å². The second kappa shape index (κ2) is 11.6. The van der Waals surface area contributed by atoms with Crippen LogP contribution in [0.4, 0.5) is 5.69 Å². The summed E-state index contributed by atoms with van der Waals surface area (Å²) in [7, 11) is 0. The average molecular weight is 551 g/mol. The zero-order valence-corrected chi connectivity index (χ0v) is 22.3. The highest BCUT2D eigenvalue weighted by molar-refractivity contribution is 6.19. The van der Waals surface area contributed by atoms with Crippen LogP contribution in [-0.4, -0.2) is 70.7 Å². The normalized spacial score (nSPS) is 20.4. The van der Waals surface area contributed by atoms with Gasteiger partial charge < -0.3 is 25.0 Å². The van der Waals surface area contributed by atoms with Crippen molar-refractivity contribution in [3.63, 3.8) is 0 Å². The predicted octanol–water partition coefficient (Wildman–Crippen LogP) is 3.30. The van der Waals surface area contributed by atoms with E-state index in [2.05, 4.69) is 20.6 Å². The van der Waals surface area contributed by atoms with Crippen molar-refractivity contribution in [2.75, 3.05) is 31.6 Å². The molecule has 2 aliphatic heterocycles. The molecule has 0 bridgehead atoms. The average Bonchev–Trinajstić information content (AvgIpc) is 3.51. The van der Waals surface area contributed by atoms with Gasteiger partial charge in [-0.25, -0.2) is 4.99 Å². The molecule has 11 heteroatoms. The Morgan fingerprint density at radius 1 is 1.05 bits per heavy atom. The number of allylic oxidation sites excluding steroid dienone is 2. The third-order valence-corrected chi connectivity index (χ3v) is 7.17. The van der Waals surface area contributed by atoms with Gasteiger partial charge in [0, 0.05) is 48.7 Å². The molecule has 6 rings (SSSR count). The lowest BCUT2D eigenvalue weighted by atomic mass is 9.97. The van der Waals surface area contributed by atoms with Gasteiger partial charge >= 0.3 is 0 Å². The van der Waals surface area contributed by atoms with Crippen LogP contribution >= 0.6 is 0 Å². The Bertz CT molecular complexity index is 1540. The maximum absolute atomic E-state index is 13.2. The van der Waals surface area contributed by atoms with E-state index in [0.717, 1.165) is 16.8 Å². The largest absolute Gasteiger partial charge is 0.407 e. The van der Waals surface area contributed by atoms with E-state index in [9.17, 15) is 4.79 Å². The number of hydrogen-bond donors (Lipinski definition) is 4. The summed E-state index contributed by atoms with van der Waals surface area (Å²) < 4.78 is 13.1. The quantitative estimate of drug-likeness (QED) is 0.284. The number of amidine groups is 1. The van der Waals surface area contributed by atoms with Crippen molar-refractivity contribution in [2.45, 2.75) is 18.6 Å². The highest BCUT2D eigenvalue weighted by Crippen LogP contribution is 2.31. The first-order valence-corrected chi connectivity index (χ1v) is 13.5. The van der Waals surface area contributed by atoms with Crippen LogP contribution in [0.3, 0.4) is 0 Å². The zero-order chi connectivity index (χ0) is 28.2. The van der Waals surface area contributed by atoms with Crippen LogP contribution in [0.1, 0.15) is 23.6 Å². The van der Waals surface area contributed by atoms with Crippen LogP contribution in [-0.2, 0) is 14.3 Å². The Labute approximate surface area is 237 Å². The Morgan fingerprint density at radius 2 is 1.83 bits per heavy atom. The van der Waals surface area contributed by atoms with Crippen LogP contribution in [0, 0.1) is 10.8 Å². The summed E-state index contributed by atoms with van der Waals surface area (Å²) in [4.78, 5) is 20.0. The number of amides is 1. The van der Waals surface area contributed by atoms with Gasteiger partial charge in [-0.3, -0.25) is 20.3 Å². The molecule has 1 aromatic heterocycles. The van der Waals surface area contributed by atoms with Crippen LogP contribution in [0.25, 0.3) is 0 Å². The molecule has 3 aliphatic rings. The second-order valence-electron chi connectivity index (χ2n) is 9.76. The number of rotatable bonds is 5. The molecule has 1 saturated heterocycles. The number of hydrogen-bond acceptors (Lipinski definition) is 8. The number of fused-ring (bicyclic) bond motifs is 1. The molecule has 2 atom stereocenters. The fraction of sp³-hybridized carbons (Fsp3) is 0.233. The lowest BCUT2D eigenvalue weighted by Gasteiger charge is -2.35. The molecule has 1 amide bonds. The van der Waals surface area contributed by atoms with Gasteiger partial charge in [0.25, 0.3) is 11.9 Å². The van der Waals surface area contributed by atoms with Gasteiger partial charge in [0.1, 0.15) is 0 Å². The maximum Gasteiger partial charge on any atom is 0.290 e. The van der Waals surface area contributed by atoms with Gasteiger partial charge in [0.15, 0.2) is 0 Å². The smallest absolute Gasteiger partial charge is 0.290 e. The molecular weight excluding hydrogens is 520 g/mol. The molecule has 3 aromatic rings. The van der Waals surface area contributed by atoms with Crippen LogP contribution in [0.5, 0.6) is 0 Å². The third-order valence-electron chi connectivity index (χ3n) is 7.17. The molecule has 4 N–H and O–H groups in total. The monoisotopic (exact) mass is 550 g/mol. The van der Waals surface area contributed by atoms with E-state index in [1.165, 1.54) is 0 Å². The Balaban J connectivity index is 1.23. The molecule has 41 heavy (non-hydrogen) atoms. The van der Waals surface area contributed by atoms with E-state index in [-0.39, 0.29) is 11.9 Å². The number of morpholine rings is 1. The van der Waals surface area contributed by atoms with Gasteiger partial charge in [-0.1, -0.05) is 54.6 Å². The molecule has 0 spiro atoms. The summed E-state index contributed by atoms with van der Waals surface area (Å²) >= 11 is 0. The second-order valence-corrected chi connectivity index (χ2v) is 9.76. The lowest BCUT2D eigenvalue weighted by molar-refractivity contribution is -0.117. The van der Waals surface area contributed by atoms with Crippen LogP contribution in [0.2, 0.25) is 0 Å². The Hall–Kier alpha value is -5.03. The zero-order valence-electron chi connectivity index (χ0n) is 22.3. The molecule has 11 nitrogen and oxygen atoms in total. The number of nitrogens with zero attached hydrogens (tertiary/aromatic N) is 4. The summed E-state index contributed by atoms with van der Waals surface area (Å²) in [5, 5.41) is 27.3. The number of aliphatic imine (C=N–C) groups is 1. The summed E-state index contributed by atoms with van der Waals surface area (Å²) in [5.41, 5.74) is 4.36. The summed E-state index contributed by atoms with van der Waals surface area (Å²) in [6.45, 7) is 2.58. The molecule has 2 aromatic carbocycles. The first-order chi connectivity index (χ1) is 20.1. The number of benzodiazepines with no additional fused rings is 1. The molecular formula is C30H30N8O3. The number of benzene rings is 2. The topological polar surface area (TPSA) is 141 Å². The van der Waals surface area contributed by atoms with Gasteiger partial charge in [-0.2, -0.15) is 5.10 Å². The van der Waals surface area contributed by atoms with E-state index < -0.39 is 18.1 Å². The first-order valence-electron chi connectivity index (χ1n) is 13.5. The van der Waals surface area contributed by atoms with Gasteiger partial charge in [-0.15, -0.1) is 0 Å². The van der Waals surface area contributed by atoms with E-state index in [4.69, 9.17) is 25.3 Å². The van der Waals surface area contributed by atoms with Crippen molar-refractivity contribution in [3.05, 3.63) is 108 Å². The number of carbonyl (C=O) groups excluding carboxylic acids is 1. The van der Waals surface area contributed by atoms with E-state index in [1.54, 1.807) is 6.20 Å². The lowest BCUT2D eigenvalue weighted by Crippen LogP contribution is -2.44. The first kappa shape index (κ1) is 26.2. The van der Waals surface area contributed by atoms with Crippen LogP contribution < -0.4 is 10.6 Å². The van der Waals surface area contributed by atoms with Crippen molar-refractivity contribution in [3.8, 4) is 0 Å². The maximum atomic E-state index is 13.2. The van der Waals surface area contributed by atoms with Crippen molar-refractivity contribution in [1.29, 1.82) is 10.8 Å². The number of ether oxygens (including phenoxy) is 2. The molecule has 2 unspecified atom stereocenters. The number of nitrogens with one attached hydrogen (secondary N) is 4. The number of para-hydroxylation sites is 1. The van der Waals surface area contributed by atoms with Crippen molar-refractivity contribution >= 4 is 29.2 Å². The Morgan fingerprint density at radius 3 is 2.61 bits per heavy atom. The van der Waals surface area contributed by atoms with Crippen molar-refractivity contribution in [1.82, 2.24) is 20.0 Å². The molecule has 0 saturated carbocycles. The van der Waals surface area contributed by atoms with E-state index >= 15 is 0 Å². The van der Waals surface area contributed by atoms with Gasteiger partial charge in [0.2, 0.25) is 12.1 Å². The number of aromatic nitrogens is 2. The molecule has 1 aliphatic carbocycles. The minimum absolute atomic E-state index is 0.000895.